The van der Waals surface area contributed by atoms with Gasteiger partial charge in [0.25, 0.3) is 5.91 Å². The Labute approximate surface area is 153 Å². The molecule has 1 fully saturated rings. The number of nitrogens with zero attached hydrogens (tertiary/aromatic N) is 1. The molecule has 0 aromatic heterocycles. The van der Waals surface area contributed by atoms with E-state index in [2.05, 4.69) is 0 Å². The molecule has 1 aromatic carbocycles. The van der Waals surface area contributed by atoms with E-state index < -0.39 is 12.4 Å². The fourth-order valence-electron chi connectivity index (χ4n) is 2.12. The first kappa shape index (κ1) is 17.2. The van der Waals surface area contributed by atoms with Crippen molar-refractivity contribution in [1.29, 1.82) is 0 Å². The summed E-state index contributed by atoms with van der Waals surface area (Å²) >= 11 is 0. The van der Waals surface area contributed by atoms with Crippen LogP contribution in [0.1, 0.15) is 29.6 Å². The molecule has 1 saturated heterocycles. The number of benzene rings is 1. The quantitative estimate of drug-likeness (QED) is 0.666. The van der Waals surface area contributed by atoms with E-state index >= 15 is 0 Å². The van der Waals surface area contributed by atoms with Crippen molar-refractivity contribution in [2.24, 2.45) is 0 Å². The molecule has 2 nitrogen and oxygen atoms in total. The predicted octanol–water partition coefficient (Wildman–Crippen LogP) is -0.629. The molecule has 0 spiro atoms. The van der Waals surface area contributed by atoms with Crippen LogP contribution in [-0.2, 0) is 0 Å². The van der Waals surface area contributed by atoms with Crippen LogP contribution in [0.2, 0.25) is 0 Å². The number of likely N-dealkylation sites (tertiary alicyclic amines) is 1. The van der Waals surface area contributed by atoms with Gasteiger partial charge in [-0.25, -0.2) is 0 Å². The second kappa shape index (κ2) is 7.26. The van der Waals surface area contributed by atoms with Gasteiger partial charge in [-0.15, -0.1) is 5.46 Å². The van der Waals surface area contributed by atoms with Crippen LogP contribution in [0, 0.1) is 0 Å². The molecule has 0 bridgehead atoms. The maximum atomic E-state index is 12.4. The van der Waals surface area contributed by atoms with Crippen LogP contribution in [0.4, 0.5) is 12.9 Å². The molecule has 7 heteroatoms. The van der Waals surface area contributed by atoms with E-state index in [-0.39, 0.29) is 57.3 Å². The summed E-state index contributed by atoms with van der Waals surface area (Å²) in [5.41, 5.74) is -0.328. The number of rotatable bonds is 2. The number of carbonyl (C=O) groups excluding carboxylic acids is 1. The predicted molar refractivity (Wildman–Crippen MR) is 64.9 cm³/mol. The van der Waals surface area contributed by atoms with E-state index in [0.717, 1.165) is 31.4 Å². The summed E-state index contributed by atoms with van der Waals surface area (Å²) in [6.45, 7) is -3.59. The van der Waals surface area contributed by atoms with Crippen molar-refractivity contribution >= 4 is 18.3 Å². The van der Waals surface area contributed by atoms with Crippen molar-refractivity contribution in [3.8, 4) is 0 Å². The first-order valence-electron chi connectivity index (χ1n) is 6.07. The van der Waals surface area contributed by atoms with Crippen LogP contribution in [0.5, 0.6) is 0 Å². The number of carbonyl (C=O) groups is 1. The van der Waals surface area contributed by atoms with Crippen molar-refractivity contribution in [2.75, 3.05) is 13.1 Å². The molecule has 1 aromatic rings. The third-order valence-electron chi connectivity index (χ3n) is 3.18. The first-order valence-corrected chi connectivity index (χ1v) is 6.07. The Hall–Kier alpha value is 0.181. The monoisotopic (exact) mass is 295 g/mol. The number of hydrogen-bond acceptors (Lipinski definition) is 1. The van der Waals surface area contributed by atoms with Gasteiger partial charge in [0.15, 0.2) is 0 Å². The molecule has 0 atom stereocenters. The molecule has 1 heterocycles. The second-order valence-electron chi connectivity index (χ2n) is 4.55. The van der Waals surface area contributed by atoms with Crippen molar-refractivity contribution in [3.05, 3.63) is 29.8 Å². The largest absolute Gasteiger partial charge is 1.00 e. The van der Waals surface area contributed by atoms with E-state index in [4.69, 9.17) is 0 Å². The third-order valence-corrected chi connectivity index (χ3v) is 3.18. The fraction of sp³-hybridized carbons (Fsp3) is 0.417. The number of halogens is 3. The van der Waals surface area contributed by atoms with E-state index in [1.54, 1.807) is 4.90 Å². The van der Waals surface area contributed by atoms with Crippen LogP contribution in [0.25, 0.3) is 0 Å². The summed E-state index contributed by atoms with van der Waals surface area (Å²) in [7, 11) is 0. The van der Waals surface area contributed by atoms with Gasteiger partial charge in [0, 0.05) is 18.7 Å². The zero-order chi connectivity index (χ0) is 13.2. The van der Waals surface area contributed by atoms with Crippen molar-refractivity contribution < 1.29 is 69.1 Å². The van der Waals surface area contributed by atoms with Gasteiger partial charge in [-0.1, -0.05) is 24.3 Å². The Morgan fingerprint density at radius 2 is 1.53 bits per heavy atom. The molecule has 0 saturated carbocycles. The molecule has 1 amide bonds. The topological polar surface area (TPSA) is 20.3 Å². The molecule has 0 radical (unpaired) electrons. The van der Waals surface area contributed by atoms with Gasteiger partial charge in [0.2, 0.25) is 0 Å². The SMILES string of the molecule is O=C(c1ccc([B-](F)(F)F)cc1)N1CCCCC1.[K+]. The average Bonchev–Trinajstić information content (AvgIpc) is 2.38. The Kier molecular flexibility index (Phi) is 6.59. The van der Waals surface area contributed by atoms with Crippen LogP contribution in [-0.4, -0.2) is 30.9 Å². The summed E-state index contributed by atoms with van der Waals surface area (Å²) in [6, 6.07) is 4.50. The fourth-order valence-corrected chi connectivity index (χ4v) is 2.12. The van der Waals surface area contributed by atoms with Crippen LogP contribution >= 0.6 is 0 Å². The zero-order valence-electron chi connectivity index (χ0n) is 10.9. The second-order valence-corrected chi connectivity index (χ2v) is 4.55. The molecule has 0 N–H and O–H groups in total. The number of amides is 1. The van der Waals surface area contributed by atoms with Gasteiger partial charge in [0.1, 0.15) is 0 Å². The summed E-state index contributed by atoms with van der Waals surface area (Å²) in [5.74, 6) is -0.170. The van der Waals surface area contributed by atoms with Crippen molar-refractivity contribution in [3.63, 3.8) is 0 Å². The maximum Gasteiger partial charge on any atom is 1.00 e. The van der Waals surface area contributed by atoms with E-state index in [1.807, 2.05) is 0 Å². The van der Waals surface area contributed by atoms with Gasteiger partial charge in [-0.05, 0) is 19.3 Å². The minimum absolute atomic E-state index is 0. The summed E-state index contributed by atoms with van der Waals surface area (Å²) in [4.78, 5) is 13.7. The maximum absolute atomic E-state index is 12.4. The third kappa shape index (κ3) is 4.60. The average molecular weight is 295 g/mol. The van der Waals surface area contributed by atoms with Gasteiger partial charge in [-0.3, -0.25) is 4.79 Å². The summed E-state index contributed by atoms with van der Waals surface area (Å²) in [5, 5.41) is 0. The van der Waals surface area contributed by atoms with E-state index in [0.29, 0.717) is 18.7 Å². The van der Waals surface area contributed by atoms with Gasteiger partial charge in [-0.2, -0.15) is 0 Å². The molecular formula is C12H14BF3KNO. The Bertz CT molecular complexity index is 430. The molecule has 2 rings (SSSR count). The number of piperidine rings is 1. The zero-order valence-corrected chi connectivity index (χ0v) is 14.0. The minimum atomic E-state index is -4.98. The molecule has 1 aliphatic heterocycles. The standard InChI is InChI=1S/C12H14BF3NO.K/c14-13(15,16)11-6-4-10(5-7-11)12(18)17-8-2-1-3-9-17;/h4-7H,1-3,8-9H2;/q-1;+1. The van der Waals surface area contributed by atoms with Gasteiger partial charge >= 0.3 is 58.4 Å². The normalized spacial score (nSPS) is 15.8. The minimum Gasteiger partial charge on any atom is -0.445 e. The molecule has 98 valence electrons. The molecule has 1 aliphatic rings. The van der Waals surface area contributed by atoms with Crippen molar-refractivity contribution in [2.45, 2.75) is 19.3 Å². The number of hydrogen-bond donors (Lipinski definition) is 0. The van der Waals surface area contributed by atoms with Crippen LogP contribution in [0.15, 0.2) is 24.3 Å². The Balaban J connectivity index is 0.00000180. The Morgan fingerprint density at radius 3 is 2.00 bits per heavy atom. The van der Waals surface area contributed by atoms with E-state index in [9.17, 15) is 17.7 Å². The first-order chi connectivity index (χ1) is 8.48. The van der Waals surface area contributed by atoms with Gasteiger partial charge in [0.05, 0.1) is 0 Å². The van der Waals surface area contributed by atoms with Crippen molar-refractivity contribution in [1.82, 2.24) is 4.90 Å². The molecular weight excluding hydrogens is 281 g/mol. The van der Waals surface area contributed by atoms with Crippen LogP contribution in [0.3, 0.4) is 0 Å². The summed E-state index contributed by atoms with van der Waals surface area (Å²) < 4.78 is 37.3. The molecule has 0 unspecified atom stereocenters. The van der Waals surface area contributed by atoms with Crippen LogP contribution < -0.4 is 56.8 Å². The molecule has 0 aliphatic carbocycles. The molecule has 19 heavy (non-hydrogen) atoms. The Morgan fingerprint density at radius 1 is 1.00 bits per heavy atom. The summed E-state index contributed by atoms with van der Waals surface area (Å²) in [6.07, 6.45) is 3.05. The van der Waals surface area contributed by atoms with Gasteiger partial charge < -0.3 is 17.8 Å². The smallest absolute Gasteiger partial charge is 0.445 e. The van der Waals surface area contributed by atoms with E-state index in [1.165, 1.54) is 12.1 Å².